The van der Waals surface area contributed by atoms with Crippen LogP contribution in [0.1, 0.15) is 28.2 Å². The van der Waals surface area contributed by atoms with Crippen molar-refractivity contribution in [3.05, 3.63) is 81.8 Å². The van der Waals surface area contributed by atoms with Crippen molar-refractivity contribution in [2.24, 2.45) is 5.10 Å². The van der Waals surface area contributed by atoms with Crippen LogP contribution < -0.4 is 21.4 Å². The van der Waals surface area contributed by atoms with Crippen molar-refractivity contribution in [3.63, 3.8) is 0 Å². The van der Waals surface area contributed by atoms with Crippen LogP contribution in [-0.2, 0) is 31.9 Å². The number of furan rings is 1. The molecule has 0 fully saturated rings. The number of anilines is 2. The molecule has 2 aromatic carbocycles. The smallest absolute Gasteiger partial charge is 0.417 e. The molecule has 3 aromatic rings. The summed E-state index contributed by atoms with van der Waals surface area (Å²) in [6, 6.07) is 10.8. The van der Waals surface area contributed by atoms with Crippen molar-refractivity contribution >= 4 is 52.8 Å². The molecule has 0 saturated heterocycles. The van der Waals surface area contributed by atoms with Crippen molar-refractivity contribution in [1.82, 2.24) is 10.7 Å². The van der Waals surface area contributed by atoms with Gasteiger partial charge in [-0.15, -0.1) is 0 Å². The Labute approximate surface area is 224 Å². The van der Waals surface area contributed by atoms with Crippen LogP contribution in [0.4, 0.5) is 24.5 Å². The van der Waals surface area contributed by atoms with Gasteiger partial charge in [-0.05, 0) is 67.4 Å². The average molecular weight is 564 g/mol. The quantitative estimate of drug-likeness (QED) is 0.204. The molecule has 3 rings (SSSR count). The SMILES string of the molecule is Cc1ccc(NC(=O)C(=O)NCc2ccc(/C=N/NC(=O)C(=O)Nc3ccc(Cl)c(C(F)(F)F)c3)o2)cc1C. The van der Waals surface area contributed by atoms with Gasteiger partial charge < -0.3 is 20.4 Å². The fourth-order valence-electron chi connectivity index (χ4n) is 3.03. The second kappa shape index (κ2) is 12.3. The van der Waals surface area contributed by atoms with Crippen LogP contribution in [-0.4, -0.2) is 29.8 Å². The molecule has 1 aromatic heterocycles. The molecule has 204 valence electrons. The first-order valence-corrected chi connectivity index (χ1v) is 11.5. The van der Waals surface area contributed by atoms with Crippen LogP contribution in [0.2, 0.25) is 5.02 Å². The topological polar surface area (TPSA) is 142 Å². The lowest BCUT2D eigenvalue weighted by atomic mass is 10.1. The van der Waals surface area contributed by atoms with Crippen molar-refractivity contribution < 1.29 is 36.8 Å². The minimum atomic E-state index is -4.75. The van der Waals surface area contributed by atoms with Crippen LogP contribution in [0, 0.1) is 13.8 Å². The highest BCUT2D eigenvalue weighted by molar-refractivity contribution is 6.40. The number of rotatable bonds is 6. The van der Waals surface area contributed by atoms with Crippen molar-refractivity contribution in [1.29, 1.82) is 0 Å². The number of nitrogens with zero attached hydrogens (tertiary/aromatic N) is 1. The Bertz CT molecular complexity index is 1450. The predicted molar refractivity (Wildman–Crippen MR) is 136 cm³/mol. The Morgan fingerprint density at radius 3 is 2.18 bits per heavy atom. The minimum Gasteiger partial charge on any atom is -0.458 e. The first-order valence-electron chi connectivity index (χ1n) is 11.1. The van der Waals surface area contributed by atoms with E-state index in [4.69, 9.17) is 16.0 Å². The summed E-state index contributed by atoms with van der Waals surface area (Å²) in [5, 5.41) is 9.88. The van der Waals surface area contributed by atoms with E-state index in [1.807, 2.05) is 30.7 Å². The standard InChI is InChI=1S/C25H21ClF3N5O5/c1-13-3-4-15(9-14(13)2)32-22(36)21(35)30-11-17-6-7-18(39-17)12-31-34-24(38)23(37)33-16-5-8-20(26)19(10-16)25(27,28)29/h3-10,12H,11H2,1-2H3,(H,30,35)(H,32,36)(H,33,37)(H,34,38)/b31-12+. The zero-order valence-corrected chi connectivity index (χ0v) is 21.2. The molecular formula is C25H21ClF3N5O5. The lowest BCUT2D eigenvalue weighted by Gasteiger charge is -2.11. The summed E-state index contributed by atoms with van der Waals surface area (Å²) in [5.41, 5.74) is 2.90. The normalized spacial score (nSPS) is 11.2. The molecule has 39 heavy (non-hydrogen) atoms. The second-order valence-electron chi connectivity index (χ2n) is 8.09. The van der Waals surface area contributed by atoms with Gasteiger partial charge in [-0.25, -0.2) is 5.43 Å². The van der Waals surface area contributed by atoms with E-state index in [0.717, 1.165) is 29.5 Å². The first-order chi connectivity index (χ1) is 18.3. The number of hydrogen-bond donors (Lipinski definition) is 4. The third-order valence-electron chi connectivity index (χ3n) is 5.17. The molecule has 0 bridgehead atoms. The number of hydrogen-bond acceptors (Lipinski definition) is 6. The van der Waals surface area contributed by atoms with Gasteiger partial charge in [0.2, 0.25) is 0 Å². The number of alkyl halides is 3. The highest BCUT2D eigenvalue weighted by Gasteiger charge is 2.33. The zero-order valence-electron chi connectivity index (χ0n) is 20.4. The van der Waals surface area contributed by atoms with Gasteiger partial charge >= 0.3 is 29.8 Å². The molecule has 0 atom stereocenters. The van der Waals surface area contributed by atoms with Gasteiger partial charge in [0.05, 0.1) is 23.3 Å². The van der Waals surface area contributed by atoms with E-state index in [1.54, 1.807) is 12.1 Å². The average Bonchev–Trinajstić information content (AvgIpc) is 3.32. The molecule has 0 unspecified atom stereocenters. The van der Waals surface area contributed by atoms with Gasteiger partial charge in [-0.3, -0.25) is 19.2 Å². The molecule has 4 N–H and O–H groups in total. The molecule has 14 heteroatoms. The van der Waals surface area contributed by atoms with E-state index in [0.29, 0.717) is 11.8 Å². The summed E-state index contributed by atoms with van der Waals surface area (Å²) >= 11 is 5.52. The maximum Gasteiger partial charge on any atom is 0.417 e. The Balaban J connectivity index is 1.47. The van der Waals surface area contributed by atoms with Crippen molar-refractivity contribution in [2.45, 2.75) is 26.6 Å². The number of amides is 4. The van der Waals surface area contributed by atoms with Gasteiger partial charge in [0, 0.05) is 11.4 Å². The van der Waals surface area contributed by atoms with E-state index in [9.17, 15) is 32.3 Å². The Kier molecular flexibility index (Phi) is 9.09. The molecule has 0 aliphatic carbocycles. The number of nitrogens with one attached hydrogen (secondary N) is 4. The molecular weight excluding hydrogens is 543 g/mol. The van der Waals surface area contributed by atoms with Gasteiger partial charge in [0.25, 0.3) is 0 Å². The van der Waals surface area contributed by atoms with Crippen LogP contribution in [0.5, 0.6) is 0 Å². The summed E-state index contributed by atoms with van der Waals surface area (Å²) in [7, 11) is 0. The number of hydrazone groups is 1. The van der Waals surface area contributed by atoms with Gasteiger partial charge in [0.1, 0.15) is 11.5 Å². The van der Waals surface area contributed by atoms with Crippen LogP contribution in [0.15, 0.2) is 58.0 Å². The molecule has 0 spiro atoms. The Morgan fingerprint density at radius 1 is 0.872 bits per heavy atom. The molecule has 0 aliphatic rings. The second-order valence-corrected chi connectivity index (χ2v) is 8.49. The van der Waals surface area contributed by atoms with Crippen LogP contribution >= 0.6 is 11.6 Å². The monoisotopic (exact) mass is 563 g/mol. The van der Waals surface area contributed by atoms with Crippen LogP contribution in [0.25, 0.3) is 0 Å². The van der Waals surface area contributed by atoms with E-state index >= 15 is 0 Å². The van der Waals surface area contributed by atoms with E-state index < -0.39 is 40.4 Å². The Hall–Kier alpha value is -4.65. The van der Waals surface area contributed by atoms with Gasteiger partial charge in [-0.1, -0.05) is 17.7 Å². The molecule has 10 nitrogen and oxygen atoms in total. The summed E-state index contributed by atoms with van der Waals surface area (Å²) in [6.07, 6.45) is -3.70. The predicted octanol–water partition coefficient (Wildman–Crippen LogP) is 3.91. The molecule has 0 radical (unpaired) electrons. The fraction of sp³-hybridized carbons (Fsp3) is 0.160. The van der Waals surface area contributed by atoms with Crippen molar-refractivity contribution in [3.8, 4) is 0 Å². The maximum atomic E-state index is 12.9. The number of benzene rings is 2. The summed E-state index contributed by atoms with van der Waals surface area (Å²) < 4.78 is 44.2. The lowest BCUT2D eigenvalue weighted by Crippen LogP contribution is -2.34. The summed E-state index contributed by atoms with van der Waals surface area (Å²) in [4.78, 5) is 48.0. The fourth-order valence-corrected chi connectivity index (χ4v) is 3.25. The molecule has 1 heterocycles. The summed E-state index contributed by atoms with van der Waals surface area (Å²) in [6.45, 7) is 3.67. The van der Waals surface area contributed by atoms with E-state index in [1.165, 1.54) is 12.1 Å². The minimum absolute atomic E-state index is 0.122. The zero-order chi connectivity index (χ0) is 28.7. The Morgan fingerprint density at radius 2 is 1.51 bits per heavy atom. The van der Waals surface area contributed by atoms with Crippen LogP contribution in [0.3, 0.4) is 0 Å². The van der Waals surface area contributed by atoms with E-state index in [2.05, 4.69) is 15.7 Å². The largest absolute Gasteiger partial charge is 0.458 e. The molecule has 0 saturated carbocycles. The highest BCUT2D eigenvalue weighted by Crippen LogP contribution is 2.36. The maximum absolute atomic E-state index is 12.9. The highest BCUT2D eigenvalue weighted by atomic mass is 35.5. The third-order valence-corrected chi connectivity index (χ3v) is 5.50. The lowest BCUT2D eigenvalue weighted by molar-refractivity contribution is -0.137. The number of carbonyl (C=O) groups is 4. The number of halogens is 4. The molecule has 0 aliphatic heterocycles. The number of aryl methyl sites for hydroxylation is 2. The van der Waals surface area contributed by atoms with Gasteiger partial charge in [0.15, 0.2) is 0 Å². The van der Waals surface area contributed by atoms with E-state index in [-0.39, 0.29) is 23.8 Å². The van der Waals surface area contributed by atoms with Gasteiger partial charge in [-0.2, -0.15) is 18.3 Å². The third kappa shape index (κ3) is 8.17. The number of carbonyl (C=O) groups excluding carboxylic acids is 4. The first kappa shape index (κ1) is 28.9. The summed E-state index contributed by atoms with van der Waals surface area (Å²) in [5.74, 6) is -3.89. The molecule has 4 amide bonds. The van der Waals surface area contributed by atoms with Crippen molar-refractivity contribution in [2.75, 3.05) is 10.6 Å².